The second-order valence-corrected chi connectivity index (χ2v) is 4.99. The molecular formula is C16H27NO3. The van der Waals surface area contributed by atoms with E-state index < -0.39 is 6.10 Å². The van der Waals surface area contributed by atoms with Crippen LogP contribution in [0.5, 0.6) is 5.75 Å². The number of benzene rings is 1. The number of aliphatic hydroxyl groups excluding tert-OH is 2. The number of hydrogen-bond donors (Lipinski definition) is 3. The Kier molecular flexibility index (Phi) is 8.26. The molecule has 1 aromatic rings. The number of nitrogens with one attached hydrogen (secondary N) is 1. The lowest BCUT2D eigenvalue weighted by Crippen LogP contribution is -2.38. The molecule has 0 aliphatic rings. The second-order valence-electron chi connectivity index (χ2n) is 4.99. The average molecular weight is 281 g/mol. The molecular weight excluding hydrogens is 254 g/mol. The molecule has 3 N–H and O–H groups in total. The largest absolute Gasteiger partial charge is 0.491 e. The first kappa shape index (κ1) is 17.0. The summed E-state index contributed by atoms with van der Waals surface area (Å²) in [7, 11) is 0. The van der Waals surface area contributed by atoms with Crippen molar-refractivity contribution in [3.63, 3.8) is 0 Å². The fraction of sp³-hybridized carbons (Fsp3) is 0.625. The molecule has 1 aromatic carbocycles. The van der Waals surface area contributed by atoms with Gasteiger partial charge in [0.2, 0.25) is 0 Å². The van der Waals surface area contributed by atoms with E-state index in [9.17, 15) is 5.11 Å². The fourth-order valence-corrected chi connectivity index (χ4v) is 2.02. The predicted molar refractivity (Wildman–Crippen MR) is 81.1 cm³/mol. The summed E-state index contributed by atoms with van der Waals surface area (Å²) in [5, 5.41) is 22.0. The van der Waals surface area contributed by atoms with E-state index in [0.717, 1.165) is 18.6 Å². The van der Waals surface area contributed by atoms with Gasteiger partial charge in [-0.15, -0.1) is 0 Å². The maximum absolute atomic E-state index is 9.90. The molecule has 0 spiro atoms. The number of hydrogen-bond acceptors (Lipinski definition) is 4. The molecule has 4 heteroatoms. The topological polar surface area (TPSA) is 61.7 Å². The summed E-state index contributed by atoms with van der Waals surface area (Å²) in [6.45, 7) is 5.08. The van der Waals surface area contributed by atoms with Crippen molar-refractivity contribution in [1.29, 1.82) is 0 Å². The summed E-state index contributed by atoms with van der Waals surface area (Å²) in [6, 6.07) is 8.18. The van der Waals surface area contributed by atoms with Crippen LogP contribution >= 0.6 is 0 Å². The van der Waals surface area contributed by atoms with Gasteiger partial charge in [0, 0.05) is 19.2 Å². The Labute approximate surface area is 121 Å². The van der Waals surface area contributed by atoms with Crippen LogP contribution in [0.3, 0.4) is 0 Å². The fourth-order valence-electron chi connectivity index (χ4n) is 2.02. The van der Waals surface area contributed by atoms with Crippen LogP contribution in [-0.4, -0.2) is 42.1 Å². The van der Waals surface area contributed by atoms with E-state index in [4.69, 9.17) is 9.84 Å². The van der Waals surface area contributed by atoms with E-state index in [1.807, 2.05) is 18.2 Å². The highest BCUT2D eigenvalue weighted by Gasteiger charge is 2.09. The van der Waals surface area contributed by atoms with Gasteiger partial charge in [0.05, 0.1) is 0 Å². The SMILES string of the molecule is CCc1cccc(OCC(O)CNC(CC)CCO)c1. The van der Waals surface area contributed by atoms with Gasteiger partial charge in [-0.2, -0.15) is 0 Å². The molecule has 0 aliphatic carbocycles. The lowest BCUT2D eigenvalue weighted by molar-refractivity contribution is 0.102. The molecule has 1 rings (SSSR count). The Morgan fingerprint density at radius 1 is 1.30 bits per heavy atom. The molecule has 0 aromatic heterocycles. The first-order chi connectivity index (χ1) is 9.69. The monoisotopic (exact) mass is 281 g/mol. The van der Waals surface area contributed by atoms with Crippen LogP contribution in [0.15, 0.2) is 24.3 Å². The van der Waals surface area contributed by atoms with Gasteiger partial charge in [0.15, 0.2) is 0 Å². The Balaban J connectivity index is 2.29. The highest BCUT2D eigenvalue weighted by Crippen LogP contribution is 2.13. The van der Waals surface area contributed by atoms with Gasteiger partial charge in [-0.05, 0) is 37.0 Å². The van der Waals surface area contributed by atoms with Gasteiger partial charge in [0.1, 0.15) is 18.5 Å². The first-order valence-electron chi connectivity index (χ1n) is 7.43. The van der Waals surface area contributed by atoms with E-state index in [1.165, 1.54) is 5.56 Å². The summed E-state index contributed by atoms with van der Waals surface area (Å²) < 4.78 is 5.60. The third kappa shape index (κ3) is 6.37. The molecule has 0 saturated carbocycles. The molecule has 0 fully saturated rings. The maximum Gasteiger partial charge on any atom is 0.119 e. The number of ether oxygens (including phenoxy) is 1. The minimum atomic E-state index is -0.548. The molecule has 20 heavy (non-hydrogen) atoms. The van der Waals surface area contributed by atoms with Crippen molar-refractivity contribution in [3.05, 3.63) is 29.8 Å². The molecule has 0 aliphatic heterocycles. The van der Waals surface area contributed by atoms with Crippen molar-refractivity contribution in [2.45, 2.75) is 45.3 Å². The molecule has 0 saturated heterocycles. The van der Waals surface area contributed by atoms with E-state index in [2.05, 4.69) is 25.2 Å². The van der Waals surface area contributed by atoms with Gasteiger partial charge in [-0.3, -0.25) is 0 Å². The first-order valence-corrected chi connectivity index (χ1v) is 7.43. The average Bonchev–Trinajstić information content (AvgIpc) is 2.49. The van der Waals surface area contributed by atoms with Crippen molar-refractivity contribution in [1.82, 2.24) is 5.32 Å². The van der Waals surface area contributed by atoms with E-state index in [-0.39, 0.29) is 19.3 Å². The van der Waals surface area contributed by atoms with Crippen molar-refractivity contribution >= 4 is 0 Å². The molecule has 0 amide bonds. The Hall–Kier alpha value is -1.10. The highest BCUT2D eigenvalue weighted by molar-refractivity contribution is 5.28. The zero-order valence-corrected chi connectivity index (χ0v) is 12.5. The molecule has 2 atom stereocenters. The molecule has 2 unspecified atom stereocenters. The van der Waals surface area contributed by atoms with Crippen LogP contribution in [0.2, 0.25) is 0 Å². The van der Waals surface area contributed by atoms with Crippen LogP contribution in [0.1, 0.15) is 32.3 Å². The van der Waals surface area contributed by atoms with Gasteiger partial charge >= 0.3 is 0 Å². The van der Waals surface area contributed by atoms with Crippen LogP contribution in [0.25, 0.3) is 0 Å². The Bertz CT molecular complexity index is 370. The third-order valence-electron chi connectivity index (χ3n) is 3.36. The van der Waals surface area contributed by atoms with Gasteiger partial charge < -0.3 is 20.3 Å². The summed E-state index contributed by atoms with van der Waals surface area (Å²) in [4.78, 5) is 0. The Morgan fingerprint density at radius 3 is 2.75 bits per heavy atom. The van der Waals surface area contributed by atoms with E-state index in [1.54, 1.807) is 0 Å². The lowest BCUT2D eigenvalue weighted by atomic mass is 10.1. The standard InChI is InChI=1S/C16H27NO3/c1-3-13-6-5-7-16(10-13)20-12-15(19)11-17-14(4-2)8-9-18/h5-7,10,14-15,17-19H,3-4,8-9,11-12H2,1-2H3. The summed E-state index contributed by atoms with van der Waals surface area (Å²) >= 11 is 0. The minimum Gasteiger partial charge on any atom is -0.491 e. The van der Waals surface area contributed by atoms with Gasteiger partial charge in [-0.25, -0.2) is 0 Å². The third-order valence-corrected chi connectivity index (χ3v) is 3.36. The summed E-state index contributed by atoms with van der Waals surface area (Å²) in [6.07, 6.45) is 2.07. The van der Waals surface area contributed by atoms with Crippen LogP contribution in [0.4, 0.5) is 0 Å². The molecule has 0 radical (unpaired) electrons. The smallest absolute Gasteiger partial charge is 0.119 e. The van der Waals surface area contributed by atoms with Crippen LogP contribution in [0, 0.1) is 0 Å². The van der Waals surface area contributed by atoms with Crippen molar-refractivity contribution in [2.75, 3.05) is 19.8 Å². The van der Waals surface area contributed by atoms with E-state index >= 15 is 0 Å². The van der Waals surface area contributed by atoms with Crippen LogP contribution < -0.4 is 10.1 Å². The summed E-state index contributed by atoms with van der Waals surface area (Å²) in [5.74, 6) is 0.797. The second kappa shape index (κ2) is 9.75. The molecule has 0 bridgehead atoms. The van der Waals surface area contributed by atoms with Crippen LogP contribution in [-0.2, 0) is 6.42 Å². The number of aliphatic hydroxyl groups is 2. The summed E-state index contributed by atoms with van der Waals surface area (Å²) in [5.41, 5.74) is 1.23. The minimum absolute atomic E-state index is 0.169. The van der Waals surface area contributed by atoms with Crippen molar-refractivity contribution in [2.24, 2.45) is 0 Å². The molecule has 114 valence electrons. The zero-order chi connectivity index (χ0) is 14.8. The van der Waals surface area contributed by atoms with Gasteiger partial charge in [-0.1, -0.05) is 26.0 Å². The highest BCUT2D eigenvalue weighted by atomic mass is 16.5. The quantitative estimate of drug-likeness (QED) is 0.611. The maximum atomic E-state index is 9.90. The van der Waals surface area contributed by atoms with E-state index in [0.29, 0.717) is 13.0 Å². The molecule has 0 heterocycles. The predicted octanol–water partition coefficient (Wildman–Crippen LogP) is 1.74. The lowest BCUT2D eigenvalue weighted by Gasteiger charge is -2.19. The number of aryl methyl sites for hydroxylation is 1. The van der Waals surface area contributed by atoms with Gasteiger partial charge in [0.25, 0.3) is 0 Å². The zero-order valence-electron chi connectivity index (χ0n) is 12.5. The molecule has 4 nitrogen and oxygen atoms in total. The van der Waals surface area contributed by atoms with Crippen molar-refractivity contribution in [3.8, 4) is 5.75 Å². The number of rotatable bonds is 10. The normalized spacial score (nSPS) is 14.0. The van der Waals surface area contributed by atoms with Crippen molar-refractivity contribution < 1.29 is 14.9 Å². The Morgan fingerprint density at radius 2 is 2.10 bits per heavy atom.